The molecule has 5 heterocycles. The summed E-state index contributed by atoms with van der Waals surface area (Å²) < 4.78 is 6.22. The van der Waals surface area contributed by atoms with Gasteiger partial charge in [-0.3, -0.25) is 9.97 Å². The number of anilines is 2. The third-order valence-corrected chi connectivity index (χ3v) is 5.27. The highest BCUT2D eigenvalue weighted by atomic mass is 16.5. The van der Waals surface area contributed by atoms with E-state index < -0.39 is 0 Å². The van der Waals surface area contributed by atoms with Gasteiger partial charge in [-0.25, -0.2) is 4.98 Å². The Kier molecular flexibility index (Phi) is 5.33. The second-order valence-electron chi connectivity index (χ2n) is 7.90. The molecule has 32 heavy (non-hydrogen) atoms. The van der Waals surface area contributed by atoms with E-state index in [0.717, 1.165) is 47.7 Å². The molecule has 0 bridgehead atoms. The topological polar surface area (TPSA) is 60.9 Å². The fraction of sp³-hybridized carbons (Fsp3) is 0.208. The van der Waals surface area contributed by atoms with Gasteiger partial charge in [0.15, 0.2) is 0 Å². The van der Waals surface area contributed by atoms with Crippen molar-refractivity contribution < 1.29 is 4.74 Å². The second-order valence-corrected chi connectivity index (χ2v) is 7.90. The Hall–Kier alpha value is -4.07. The lowest BCUT2D eigenvalue weighted by atomic mass is 10.2. The van der Waals surface area contributed by atoms with E-state index >= 15 is 0 Å². The van der Waals surface area contributed by atoms with Crippen molar-refractivity contribution in [2.45, 2.75) is 6.61 Å². The minimum atomic E-state index is 0.427. The van der Waals surface area contributed by atoms with Crippen molar-refractivity contribution in [2.24, 2.45) is 0 Å². The lowest BCUT2D eigenvalue weighted by Crippen LogP contribution is -2.25. The molecule has 0 unspecified atom stereocenters. The fourth-order valence-corrected chi connectivity index (χ4v) is 3.60. The van der Waals surface area contributed by atoms with Crippen molar-refractivity contribution >= 4 is 11.6 Å². The van der Waals surface area contributed by atoms with Crippen LogP contribution >= 0.6 is 0 Å². The van der Waals surface area contributed by atoms with Crippen LogP contribution in [0.3, 0.4) is 0 Å². The van der Waals surface area contributed by atoms with Gasteiger partial charge in [0.1, 0.15) is 24.0 Å². The number of pyridine rings is 3. The molecular formula is C24H25N7O. The molecule has 2 aliphatic rings. The summed E-state index contributed by atoms with van der Waals surface area (Å²) in [5.41, 5.74) is 2.71. The molecule has 0 spiro atoms. The Morgan fingerprint density at radius 2 is 1.47 bits per heavy atom. The maximum Gasteiger partial charge on any atom is 0.140 e. The van der Waals surface area contributed by atoms with Gasteiger partial charge in [0.05, 0.1) is 24.7 Å². The quantitative estimate of drug-likeness (QED) is 0.593. The second kappa shape index (κ2) is 8.58. The molecule has 5 rings (SSSR count). The number of rotatable bonds is 6. The van der Waals surface area contributed by atoms with Crippen molar-refractivity contribution in [3.63, 3.8) is 0 Å². The molecule has 0 atom stereocenters. The first-order valence-corrected chi connectivity index (χ1v) is 10.5. The first kappa shape index (κ1) is 19.9. The predicted molar refractivity (Wildman–Crippen MR) is 125 cm³/mol. The van der Waals surface area contributed by atoms with E-state index in [9.17, 15) is 0 Å². The lowest BCUT2D eigenvalue weighted by Gasteiger charge is -2.22. The summed E-state index contributed by atoms with van der Waals surface area (Å²) in [4.78, 5) is 22.1. The number of nitrogens with zero attached hydrogens (tertiary/aromatic N) is 7. The monoisotopic (exact) mass is 427 g/mol. The number of hydrogen-bond acceptors (Lipinski definition) is 8. The summed E-state index contributed by atoms with van der Waals surface area (Å²) in [7, 11) is 4.08. The Labute approximate surface area is 187 Å². The summed E-state index contributed by atoms with van der Waals surface area (Å²) in [6.07, 6.45) is 11.7. The summed E-state index contributed by atoms with van der Waals surface area (Å²) in [5, 5.41) is 0. The van der Waals surface area contributed by atoms with E-state index in [1.165, 1.54) is 0 Å². The first-order valence-electron chi connectivity index (χ1n) is 10.5. The lowest BCUT2D eigenvalue weighted by molar-refractivity contribution is 0.306. The van der Waals surface area contributed by atoms with Crippen molar-refractivity contribution in [3.8, 4) is 17.1 Å². The maximum atomic E-state index is 6.22. The molecule has 0 radical (unpaired) electrons. The van der Waals surface area contributed by atoms with Crippen molar-refractivity contribution in [3.05, 3.63) is 85.2 Å². The minimum Gasteiger partial charge on any atom is -0.489 e. The van der Waals surface area contributed by atoms with Gasteiger partial charge in [-0.15, -0.1) is 0 Å². The van der Waals surface area contributed by atoms with Gasteiger partial charge in [0.2, 0.25) is 0 Å². The van der Waals surface area contributed by atoms with Crippen LogP contribution in [0.25, 0.3) is 11.4 Å². The van der Waals surface area contributed by atoms with Crippen molar-refractivity contribution in [1.29, 1.82) is 0 Å². The molecule has 2 aliphatic heterocycles. The number of aromatic nitrogens is 3. The third-order valence-electron chi connectivity index (χ3n) is 5.27. The van der Waals surface area contributed by atoms with Gasteiger partial charge >= 0.3 is 0 Å². The molecule has 0 fully saturated rings. The molecular weight excluding hydrogens is 402 g/mol. The molecule has 0 aliphatic carbocycles. The Balaban J connectivity index is 1.38. The van der Waals surface area contributed by atoms with Gasteiger partial charge < -0.3 is 24.3 Å². The van der Waals surface area contributed by atoms with Crippen LogP contribution in [-0.2, 0) is 6.61 Å². The Morgan fingerprint density at radius 1 is 0.781 bits per heavy atom. The minimum absolute atomic E-state index is 0.427. The average molecular weight is 428 g/mol. The van der Waals surface area contributed by atoms with Crippen LogP contribution < -0.4 is 14.5 Å². The van der Waals surface area contributed by atoms with E-state index in [-0.39, 0.29) is 0 Å². The highest BCUT2D eigenvalue weighted by molar-refractivity contribution is 5.58. The molecule has 8 nitrogen and oxygen atoms in total. The highest BCUT2D eigenvalue weighted by Gasteiger charge is 2.18. The zero-order valence-corrected chi connectivity index (χ0v) is 18.2. The van der Waals surface area contributed by atoms with E-state index in [4.69, 9.17) is 9.72 Å². The van der Waals surface area contributed by atoms with E-state index in [1.54, 1.807) is 12.4 Å². The average Bonchev–Trinajstić information content (AvgIpc) is 3.47. The van der Waals surface area contributed by atoms with Crippen molar-refractivity contribution in [1.82, 2.24) is 24.8 Å². The molecule has 3 aromatic rings. The largest absolute Gasteiger partial charge is 0.489 e. The van der Waals surface area contributed by atoms with Crippen LogP contribution in [0.2, 0.25) is 0 Å². The van der Waals surface area contributed by atoms with E-state index in [2.05, 4.69) is 29.6 Å². The number of ether oxygens (including phenoxy) is 1. The molecule has 0 aromatic carbocycles. The predicted octanol–water partition coefficient (Wildman–Crippen LogP) is 3.48. The SMILES string of the molecule is CN1C=CN(c2cc(OCc3ccnc(-c4ccccn4)c3)cc(N3C=CN(C)C3)n2)C1. The van der Waals surface area contributed by atoms with Crippen molar-refractivity contribution in [2.75, 3.05) is 37.2 Å². The Bertz CT molecular complexity index is 1100. The summed E-state index contributed by atoms with van der Waals surface area (Å²) in [6.45, 7) is 1.93. The molecule has 3 aromatic heterocycles. The highest BCUT2D eigenvalue weighted by Crippen LogP contribution is 2.29. The molecule has 0 amide bonds. The zero-order valence-electron chi connectivity index (χ0n) is 18.2. The van der Waals surface area contributed by atoms with Gasteiger partial charge in [-0.05, 0) is 29.8 Å². The summed E-state index contributed by atoms with van der Waals surface area (Å²) >= 11 is 0. The molecule has 162 valence electrons. The van der Waals surface area contributed by atoms with Crippen LogP contribution in [0.4, 0.5) is 11.6 Å². The van der Waals surface area contributed by atoms with Gasteiger partial charge in [0.25, 0.3) is 0 Å². The van der Waals surface area contributed by atoms with Crippen LogP contribution in [0.5, 0.6) is 5.75 Å². The van der Waals surface area contributed by atoms with Crippen LogP contribution in [0.1, 0.15) is 5.56 Å². The fourth-order valence-electron chi connectivity index (χ4n) is 3.60. The third kappa shape index (κ3) is 4.34. The zero-order chi connectivity index (χ0) is 21.9. The van der Waals surface area contributed by atoms with Gasteiger partial charge in [0, 0.05) is 63.4 Å². The Morgan fingerprint density at radius 3 is 2.06 bits per heavy atom. The molecule has 0 N–H and O–H groups in total. The maximum absolute atomic E-state index is 6.22. The summed E-state index contributed by atoms with van der Waals surface area (Å²) in [5.74, 6) is 2.47. The number of hydrogen-bond donors (Lipinski definition) is 0. The standard InChI is InChI=1S/C24H25N7O/c1-28-9-11-30(17-28)23-14-20(15-24(27-23)31-12-10-29(2)18-31)32-16-19-6-8-26-22(13-19)21-5-3-4-7-25-21/h3-15H,16-18H2,1-2H3. The van der Waals surface area contributed by atoms with Gasteiger partial charge in [-0.1, -0.05) is 6.07 Å². The molecule has 8 heteroatoms. The van der Waals surface area contributed by atoms with Gasteiger partial charge in [-0.2, -0.15) is 0 Å². The van der Waals surface area contributed by atoms with Crippen LogP contribution in [0, 0.1) is 0 Å². The van der Waals surface area contributed by atoms with Crippen LogP contribution in [0.15, 0.2) is 79.7 Å². The van der Waals surface area contributed by atoms with E-state index in [0.29, 0.717) is 6.61 Å². The normalized spacial score (nSPS) is 15.2. The smallest absolute Gasteiger partial charge is 0.140 e. The van der Waals surface area contributed by atoms with E-state index in [1.807, 2.05) is 81.4 Å². The summed E-state index contributed by atoms with van der Waals surface area (Å²) in [6, 6.07) is 13.8. The molecule has 0 saturated carbocycles. The first-order chi connectivity index (χ1) is 15.6. The molecule has 0 saturated heterocycles. The van der Waals surface area contributed by atoms with Crippen LogP contribution in [-0.4, -0.2) is 52.2 Å².